The molecule has 0 radical (unpaired) electrons. The van der Waals surface area contributed by atoms with E-state index in [1.54, 1.807) is 24.3 Å². The van der Waals surface area contributed by atoms with Gasteiger partial charge in [-0.05, 0) is 12.1 Å². The Bertz CT molecular complexity index is 694. The number of benzene rings is 1. The Morgan fingerprint density at radius 1 is 1.33 bits per heavy atom. The highest BCUT2D eigenvalue weighted by atomic mass is 79.9. The van der Waals surface area contributed by atoms with E-state index in [1.807, 2.05) is 6.07 Å². The van der Waals surface area contributed by atoms with E-state index in [0.717, 1.165) is 0 Å². The molecule has 0 unspecified atom stereocenters. The van der Waals surface area contributed by atoms with Crippen LogP contribution in [-0.2, 0) is 0 Å². The maximum Gasteiger partial charge on any atom is 0.272 e. The fourth-order valence-corrected chi connectivity index (χ4v) is 1.84. The van der Waals surface area contributed by atoms with Crippen LogP contribution in [0.15, 0.2) is 47.5 Å². The Morgan fingerprint density at radius 2 is 2.00 bits per heavy atom. The minimum Gasteiger partial charge on any atom is -0.364 e. The third-order valence-electron chi connectivity index (χ3n) is 2.64. The van der Waals surface area contributed by atoms with E-state index in [0.29, 0.717) is 10.2 Å². The molecule has 1 heterocycles. The van der Waals surface area contributed by atoms with Gasteiger partial charge in [-0.15, -0.1) is 0 Å². The molecule has 0 aliphatic rings. The summed E-state index contributed by atoms with van der Waals surface area (Å²) in [6.45, 7) is 3.89. The van der Waals surface area contributed by atoms with Gasteiger partial charge in [-0.3, -0.25) is 9.59 Å². The number of primary amides is 1. The number of nitrogens with zero attached hydrogens (tertiary/aromatic N) is 2. The largest absolute Gasteiger partial charge is 0.364 e. The first-order valence-corrected chi connectivity index (χ1v) is 6.85. The molecule has 0 aliphatic heterocycles. The van der Waals surface area contributed by atoms with Crippen molar-refractivity contribution in [1.29, 1.82) is 0 Å². The van der Waals surface area contributed by atoms with Crippen LogP contribution in [0.2, 0.25) is 0 Å². The zero-order chi connectivity index (χ0) is 15.4. The molecule has 1 aromatic heterocycles. The zero-order valence-corrected chi connectivity index (χ0v) is 12.6. The minimum absolute atomic E-state index is 0.112. The van der Waals surface area contributed by atoms with Gasteiger partial charge in [0.2, 0.25) is 0 Å². The first kappa shape index (κ1) is 15.0. The van der Waals surface area contributed by atoms with Crippen molar-refractivity contribution in [3.63, 3.8) is 0 Å². The highest BCUT2D eigenvalue weighted by Gasteiger charge is 2.18. The summed E-state index contributed by atoms with van der Waals surface area (Å²) in [7, 11) is 0. The van der Waals surface area contributed by atoms with E-state index < -0.39 is 11.8 Å². The molecule has 0 saturated carbocycles. The summed E-state index contributed by atoms with van der Waals surface area (Å²) in [6, 6.07) is 10.3. The fraction of sp³-hybridized carbons (Fsp3) is 0.0714. The number of para-hydroxylation sites is 1. The van der Waals surface area contributed by atoms with Crippen molar-refractivity contribution in [2.24, 2.45) is 5.73 Å². The molecule has 2 aromatic rings. The minimum atomic E-state index is -0.657. The number of hydrogen-bond donors (Lipinski definition) is 2. The predicted octanol–water partition coefficient (Wildman–Crippen LogP) is 1.61. The quantitative estimate of drug-likeness (QED) is 0.859. The van der Waals surface area contributed by atoms with Crippen LogP contribution in [0.3, 0.4) is 0 Å². The maximum atomic E-state index is 12.0. The van der Waals surface area contributed by atoms with Crippen LogP contribution in [0.1, 0.15) is 21.0 Å². The lowest BCUT2D eigenvalue weighted by Gasteiger charge is -2.04. The molecular weight excluding hydrogens is 336 g/mol. The van der Waals surface area contributed by atoms with Gasteiger partial charge in [0, 0.05) is 17.1 Å². The molecule has 0 aliphatic carbocycles. The number of carbonyl (C=O) groups is 2. The van der Waals surface area contributed by atoms with Crippen molar-refractivity contribution in [2.45, 2.75) is 0 Å². The number of carbonyl (C=O) groups excluding carboxylic acids is 2. The summed E-state index contributed by atoms with van der Waals surface area (Å²) >= 11 is 3.15. The average molecular weight is 349 g/mol. The van der Waals surface area contributed by atoms with Gasteiger partial charge in [-0.25, -0.2) is 4.68 Å². The molecule has 2 rings (SSSR count). The van der Waals surface area contributed by atoms with Crippen LogP contribution >= 0.6 is 15.9 Å². The lowest BCUT2D eigenvalue weighted by Crippen LogP contribution is -2.24. The molecule has 1 aromatic carbocycles. The summed E-state index contributed by atoms with van der Waals surface area (Å²) in [4.78, 5) is 23.5. The van der Waals surface area contributed by atoms with Crippen LogP contribution in [0.25, 0.3) is 5.69 Å². The highest BCUT2D eigenvalue weighted by molar-refractivity contribution is 9.11. The van der Waals surface area contributed by atoms with E-state index in [-0.39, 0.29) is 17.9 Å². The normalized spacial score (nSPS) is 10.1. The predicted molar refractivity (Wildman–Crippen MR) is 82.5 cm³/mol. The molecule has 0 fully saturated rings. The summed E-state index contributed by atoms with van der Waals surface area (Å²) in [5.41, 5.74) is 6.24. The van der Waals surface area contributed by atoms with Gasteiger partial charge in [0.1, 0.15) is 5.69 Å². The molecule has 0 saturated heterocycles. The Morgan fingerprint density at radius 3 is 2.57 bits per heavy atom. The van der Waals surface area contributed by atoms with Crippen LogP contribution < -0.4 is 11.1 Å². The molecule has 6 nitrogen and oxygen atoms in total. The fourth-order valence-electron chi connectivity index (χ4n) is 1.70. The number of amides is 2. The van der Waals surface area contributed by atoms with Gasteiger partial charge in [-0.1, -0.05) is 40.7 Å². The van der Waals surface area contributed by atoms with Gasteiger partial charge in [0.05, 0.1) is 5.69 Å². The molecule has 3 N–H and O–H groups in total. The van der Waals surface area contributed by atoms with Crippen LogP contribution in [-0.4, -0.2) is 28.1 Å². The van der Waals surface area contributed by atoms with Crippen LogP contribution in [0.5, 0.6) is 0 Å². The van der Waals surface area contributed by atoms with Crippen molar-refractivity contribution in [3.05, 3.63) is 58.8 Å². The molecule has 0 bridgehead atoms. The number of halogens is 1. The molecule has 7 heteroatoms. The van der Waals surface area contributed by atoms with Gasteiger partial charge < -0.3 is 11.1 Å². The van der Waals surface area contributed by atoms with Crippen molar-refractivity contribution in [3.8, 4) is 5.69 Å². The average Bonchev–Trinajstić information content (AvgIpc) is 2.91. The smallest absolute Gasteiger partial charge is 0.272 e. The Balaban J connectivity index is 2.36. The number of aromatic nitrogens is 2. The third kappa shape index (κ3) is 3.57. The van der Waals surface area contributed by atoms with Crippen molar-refractivity contribution >= 4 is 27.7 Å². The van der Waals surface area contributed by atoms with E-state index >= 15 is 0 Å². The maximum absolute atomic E-state index is 12.0. The van der Waals surface area contributed by atoms with Crippen molar-refractivity contribution in [1.82, 2.24) is 15.1 Å². The zero-order valence-electron chi connectivity index (χ0n) is 11.0. The molecule has 108 valence electrons. The lowest BCUT2D eigenvalue weighted by molar-refractivity contribution is 0.0951. The number of hydrogen-bond acceptors (Lipinski definition) is 3. The molecule has 21 heavy (non-hydrogen) atoms. The van der Waals surface area contributed by atoms with Gasteiger partial charge in [0.15, 0.2) is 5.69 Å². The second-order valence-corrected chi connectivity index (χ2v) is 5.35. The molecule has 2 amide bonds. The summed E-state index contributed by atoms with van der Waals surface area (Å²) in [5, 5.41) is 6.75. The summed E-state index contributed by atoms with van der Waals surface area (Å²) < 4.78 is 1.98. The Hall–Kier alpha value is -2.41. The highest BCUT2D eigenvalue weighted by Crippen LogP contribution is 2.12. The van der Waals surface area contributed by atoms with Crippen molar-refractivity contribution < 1.29 is 9.59 Å². The molecular formula is C14H13BrN4O2. The van der Waals surface area contributed by atoms with Crippen LogP contribution in [0, 0.1) is 0 Å². The second kappa shape index (κ2) is 6.36. The number of rotatable bonds is 5. The monoisotopic (exact) mass is 348 g/mol. The standard InChI is InChI=1S/C14H13BrN4O2/c1-9(15)8-17-14(21)11-7-12(13(16)20)19(18-11)10-5-3-2-4-6-10/h2-7H,1,8H2,(H2,16,20)(H,17,21). The van der Waals surface area contributed by atoms with Gasteiger partial charge in [-0.2, -0.15) is 5.10 Å². The number of nitrogens with one attached hydrogen (secondary N) is 1. The van der Waals surface area contributed by atoms with E-state index in [9.17, 15) is 9.59 Å². The topological polar surface area (TPSA) is 90.0 Å². The molecule has 0 spiro atoms. The van der Waals surface area contributed by atoms with E-state index in [1.165, 1.54) is 10.7 Å². The Kier molecular flexibility index (Phi) is 4.54. The number of nitrogens with two attached hydrogens (primary N) is 1. The van der Waals surface area contributed by atoms with Gasteiger partial charge >= 0.3 is 0 Å². The third-order valence-corrected chi connectivity index (χ3v) is 2.92. The van der Waals surface area contributed by atoms with E-state index in [2.05, 4.69) is 32.9 Å². The van der Waals surface area contributed by atoms with Crippen LogP contribution in [0.4, 0.5) is 0 Å². The van der Waals surface area contributed by atoms with Crippen molar-refractivity contribution in [2.75, 3.05) is 6.54 Å². The SMILES string of the molecule is C=C(Br)CNC(=O)c1cc(C(N)=O)n(-c2ccccc2)n1. The summed E-state index contributed by atoms with van der Waals surface area (Å²) in [6.07, 6.45) is 0. The van der Waals surface area contributed by atoms with Gasteiger partial charge in [0.25, 0.3) is 11.8 Å². The summed E-state index contributed by atoms with van der Waals surface area (Å²) in [5.74, 6) is -1.07. The molecule has 0 atom stereocenters. The Labute approximate surface area is 129 Å². The first-order chi connectivity index (χ1) is 9.99. The second-order valence-electron chi connectivity index (χ2n) is 4.23. The lowest BCUT2D eigenvalue weighted by atomic mass is 10.3. The first-order valence-electron chi connectivity index (χ1n) is 6.06. The van der Waals surface area contributed by atoms with E-state index in [4.69, 9.17) is 5.73 Å².